The van der Waals surface area contributed by atoms with Crippen molar-refractivity contribution in [1.29, 1.82) is 0 Å². The van der Waals surface area contributed by atoms with Gasteiger partial charge in [-0.25, -0.2) is 8.42 Å². The Morgan fingerprint density at radius 2 is 1.65 bits per heavy atom. The van der Waals surface area contributed by atoms with Crippen LogP contribution in [0.2, 0.25) is 0 Å². The van der Waals surface area contributed by atoms with Gasteiger partial charge < -0.3 is 5.73 Å². The van der Waals surface area contributed by atoms with Gasteiger partial charge in [-0.05, 0) is 42.7 Å². The third-order valence-corrected chi connectivity index (χ3v) is 6.57. The van der Waals surface area contributed by atoms with Crippen LogP contribution in [0.4, 0.5) is 5.69 Å². The maximum absolute atomic E-state index is 12.9. The summed E-state index contributed by atoms with van der Waals surface area (Å²) in [5.74, 6) is -0.122. The molecule has 0 atom stereocenters. The lowest BCUT2D eigenvalue weighted by Gasteiger charge is -2.20. The van der Waals surface area contributed by atoms with Crippen LogP contribution in [0.5, 0.6) is 0 Å². The van der Waals surface area contributed by atoms with Crippen LogP contribution in [0.1, 0.15) is 41.6 Å². The van der Waals surface area contributed by atoms with Crippen LogP contribution in [-0.4, -0.2) is 31.6 Å². The van der Waals surface area contributed by atoms with Crippen LogP contribution in [-0.2, 0) is 16.4 Å². The first-order chi connectivity index (χ1) is 12.5. The van der Waals surface area contributed by atoms with E-state index in [1.807, 2.05) is 6.07 Å². The number of ketones is 1. The summed E-state index contributed by atoms with van der Waals surface area (Å²) in [5, 5.41) is 0. The maximum atomic E-state index is 12.9. The second-order valence-electron chi connectivity index (χ2n) is 6.69. The van der Waals surface area contributed by atoms with Gasteiger partial charge in [-0.1, -0.05) is 37.1 Å². The van der Waals surface area contributed by atoms with E-state index in [4.69, 9.17) is 5.73 Å². The van der Waals surface area contributed by atoms with Crippen molar-refractivity contribution in [1.82, 2.24) is 4.31 Å². The van der Waals surface area contributed by atoms with Gasteiger partial charge in [0, 0.05) is 30.8 Å². The lowest BCUT2D eigenvalue weighted by Crippen LogP contribution is -2.32. The molecule has 1 heterocycles. The van der Waals surface area contributed by atoms with Crippen molar-refractivity contribution < 1.29 is 13.2 Å². The number of nitrogens with two attached hydrogens (primary N) is 1. The van der Waals surface area contributed by atoms with Crippen molar-refractivity contribution in [3.63, 3.8) is 0 Å². The Labute approximate surface area is 154 Å². The highest BCUT2D eigenvalue weighted by Crippen LogP contribution is 2.22. The molecule has 6 heteroatoms. The lowest BCUT2D eigenvalue weighted by atomic mass is 10.0. The molecule has 3 rings (SSSR count). The highest BCUT2D eigenvalue weighted by atomic mass is 32.2. The Hall–Kier alpha value is -2.18. The van der Waals surface area contributed by atoms with Crippen molar-refractivity contribution >= 4 is 21.5 Å². The zero-order chi connectivity index (χ0) is 18.6. The number of carbonyl (C=O) groups is 1. The van der Waals surface area contributed by atoms with Gasteiger partial charge in [0.2, 0.25) is 10.0 Å². The molecular formula is C20H24N2O3S. The normalized spacial score (nSPS) is 16.2. The number of sulfonamides is 1. The molecule has 0 aliphatic carbocycles. The van der Waals surface area contributed by atoms with E-state index in [1.54, 1.807) is 40.7 Å². The number of benzene rings is 2. The molecule has 0 radical (unpaired) electrons. The van der Waals surface area contributed by atoms with E-state index in [2.05, 4.69) is 0 Å². The molecule has 0 spiro atoms. The van der Waals surface area contributed by atoms with Gasteiger partial charge in [-0.15, -0.1) is 0 Å². The minimum absolute atomic E-state index is 0.122. The minimum Gasteiger partial charge on any atom is -0.399 e. The molecule has 1 aliphatic rings. The number of hydrogen-bond donors (Lipinski definition) is 1. The average Bonchev–Trinajstić information content (AvgIpc) is 2.92. The van der Waals surface area contributed by atoms with Crippen LogP contribution >= 0.6 is 0 Å². The van der Waals surface area contributed by atoms with Gasteiger partial charge >= 0.3 is 0 Å². The fourth-order valence-electron chi connectivity index (χ4n) is 3.25. The Balaban J connectivity index is 1.82. The highest BCUT2D eigenvalue weighted by molar-refractivity contribution is 7.89. The molecule has 0 aromatic heterocycles. The van der Waals surface area contributed by atoms with Crippen LogP contribution in [0.15, 0.2) is 53.4 Å². The molecule has 1 fully saturated rings. The Bertz CT molecular complexity index is 885. The number of anilines is 1. The Morgan fingerprint density at radius 3 is 2.35 bits per heavy atom. The topological polar surface area (TPSA) is 80.5 Å². The van der Waals surface area contributed by atoms with Gasteiger partial charge in [0.1, 0.15) is 0 Å². The van der Waals surface area contributed by atoms with Gasteiger partial charge in [0.25, 0.3) is 0 Å². The molecule has 0 bridgehead atoms. The molecular weight excluding hydrogens is 348 g/mol. The van der Waals surface area contributed by atoms with E-state index in [0.717, 1.165) is 31.2 Å². The molecule has 2 N–H and O–H groups in total. The Morgan fingerprint density at radius 1 is 0.962 bits per heavy atom. The number of nitrogens with zero attached hydrogens (tertiary/aromatic N) is 1. The van der Waals surface area contributed by atoms with Crippen LogP contribution in [0.25, 0.3) is 0 Å². The number of Topliss-reactive ketones (excluding diaryl/α,β-unsaturated/α-hetero) is 1. The molecule has 0 amide bonds. The van der Waals surface area contributed by atoms with Gasteiger partial charge in [-0.3, -0.25) is 4.79 Å². The summed E-state index contributed by atoms with van der Waals surface area (Å²) in [6.45, 7) is 1.09. The van der Waals surface area contributed by atoms with Crippen molar-refractivity contribution in [3.8, 4) is 0 Å². The molecule has 0 saturated carbocycles. The molecule has 138 valence electrons. The second kappa shape index (κ2) is 8.01. The third kappa shape index (κ3) is 4.31. The fourth-order valence-corrected chi connectivity index (χ4v) is 4.82. The molecule has 1 aliphatic heterocycles. The molecule has 0 unspecified atom stereocenters. The van der Waals surface area contributed by atoms with Gasteiger partial charge in [0.05, 0.1) is 4.90 Å². The predicted octanol–water partition coefficient (Wildman–Crippen LogP) is 3.26. The molecule has 2 aromatic carbocycles. The average molecular weight is 372 g/mol. The van der Waals surface area contributed by atoms with E-state index >= 15 is 0 Å². The predicted molar refractivity (Wildman–Crippen MR) is 103 cm³/mol. The van der Waals surface area contributed by atoms with Gasteiger partial charge in [0.15, 0.2) is 5.78 Å². The summed E-state index contributed by atoms with van der Waals surface area (Å²) >= 11 is 0. The highest BCUT2D eigenvalue weighted by Gasteiger charge is 2.25. The maximum Gasteiger partial charge on any atom is 0.243 e. The summed E-state index contributed by atoms with van der Waals surface area (Å²) in [4.78, 5) is 12.8. The number of rotatable bonds is 5. The standard InChI is InChI=1S/C20H24N2O3S/c21-18-9-5-7-16(13-18)14-20(23)17-8-6-10-19(15-17)26(24,25)22-11-3-1-2-4-12-22/h5-10,13,15H,1-4,11-12,14,21H2. The first kappa shape index (κ1) is 18.6. The zero-order valence-electron chi connectivity index (χ0n) is 14.7. The smallest absolute Gasteiger partial charge is 0.243 e. The summed E-state index contributed by atoms with van der Waals surface area (Å²) in [7, 11) is -3.56. The largest absolute Gasteiger partial charge is 0.399 e. The lowest BCUT2D eigenvalue weighted by molar-refractivity contribution is 0.0993. The molecule has 26 heavy (non-hydrogen) atoms. The zero-order valence-corrected chi connectivity index (χ0v) is 15.5. The number of nitrogen functional groups attached to an aromatic ring is 1. The first-order valence-corrected chi connectivity index (χ1v) is 10.4. The molecule has 1 saturated heterocycles. The second-order valence-corrected chi connectivity index (χ2v) is 8.63. The van der Waals surface area contributed by atoms with Crippen molar-refractivity contribution in [2.24, 2.45) is 0 Å². The molecule has 5 nitrogen and oxygen atoms in total. The summed E-state index contributed by atoms with van der Waals surface area (Å²) in [6.07, 6.45) is 4.08. The van der Waals surface area contributed by atoms with E-state index in [0.29, 0.717) is 24.3 Å². The van der Waals surface area contributed by atoms with E-state index < -0.39 is 10.0 Å². The monoisotopic (exact) mass is 372 g/mol. The van der Waals surface area contributed by atoms with Crippen molar-refractivity contribution in [2.45, 2.75) is 37.0 Å². The number of carbonyl (C=O) groups excluding carboxylic acids is 1. The first-order valence-electron chi connectivity index (χ1n) is 8.95. The van der Waals surface area contributed by atoms with Crippen molar-refractivity contribution in [3.05, 3.63) is 59.7 Å². The van der Waals surface area contributed by atoms with Crippen LogP contribution < -0.4 is 5.73 Å². The minimum atomic E-state index is -3.56. The van der Waals surface area contributed by atoms with Crippen molar-refractivity contribution in [2.75, 3.05) is 18.8 Å². The van der Waals surface area contributed by atoms with E-state index in [1.165, 1.54) is 6.07 Å². The Kier molecular flexibility index (Phi) is 5.74. The van der Waals surface area contributed by atoms with Gasteiger partial charge in [-0.2, -0.15) is 4.31 Å². The SMILES string of the molecule is Nc1cccc(CC(=O)c2cccc(S(=O)(=O)N3CCCCCC3)c2)c1. The third-order valence-electron chi connectivity index (χ3n) is 4.67. The van der Waals surface area contributed by atoms with Crippen LogP contribution in [0.3, 0.4) is 0 Å². The van der Waals surface area contributed by atoms with E-state index in [9.17, 15) is 13.2 Å². The quantitative estimate of drug-likeness (QED) is 0.645. The van der Waals surface area contributed by atoms with E-state index in [-0.39, 0.29) is 17.1 Å². The molecule has 2 aromatic rings. The van der Waals surface area contributed by atoms with Crippen LogP contribution in [0, 0.1) is 0 Å². The summed E-state index contributed by atoms with van der Waals surface area (Å²) in [6, 6.07) is 13.5. The fraction of sp³-hybridized carbons (Fsp3) is 0.350. The number of hydrogen-bond acceptors (Lipinski definition) is 4. The summed E-state index contributed by atoms with van der Waals surface area (Å²) in [5.41, 5.74) is 7.58. The summed E-state index contributed by atoms with van der Waals surface area (Å²) < 4.78 is 27.4.